The van der Waals surface area contributed by atoms with E-state index in [0.29, 0.717) is 0 Å². The van der Waals surface area contributed by atoms with Gasteiger partial charge in [-0.25, -0.2) is 0 Å². The minimum atomic E-state index is -1.82. The van der Waals surface area contributed by atoms with E-state index in [1.54, 1.807) is 0 Å². The molecular formula is C22H22O12. The van der Waals surface area contributed by atoms with Crippen LogP contribution in [0.25, 0.3) is 22.3 Å². The van der Waals surface area contributed by atoms with E-state index < -0.39 is 60.0 Å². The molecule has 3 aromatic rings. The molecule has 4 rings (SSSR count). The van der Waals surface area contributed by atoms with E-state index in [4.69, 9.17) is 18.6 Å². The summed E-state index contributed by atoms with van der Waals surface area (Å²) < 4.78 is 21.9. The van der Waals surface area contributed by atoms with E-state index >= 15 is 0 Å². The van der Waals surface area contributed by atoms with Crippen LogP contribution in [0.4, 0.5) is 0 Å². The van der Waals surface area contributed by atoms with Crippen LogP contribution >= 0.6 is 0 Å². The molecule has 2 heterocycles. The summed E-state index contributed by atoms with van der Waals surface area (Å²) in [6.45, 7) is -0.719. The number of phenols is 3. The Kier molecular flexibility index (Phi) is 6.25. The molecule has 5 unspecified atom stereocenters. The summed E-state index contributed by atoms with van der Waals surface area (Å²) in [4.78, 5) is 13.5. The summed E-state index contributed by atoms with van der Waals surface area (Å²) in [7, 11) is 1.26. The molecule has 12 nitrogen and oxygen atoms in total. The summed E-state index contributed by atoms with van der Waals surface area (Å²) in [5.74, 6) is -2.12. The molecule has 0 amide bonds. The first-order chi connectivity index (χ1) is 16.2. The first-order valence-corrected chi connectivity index (χ1v) is 10.0. The van der Waals surface area contributed by atoms with Crippen LogP contribution in [0.3, 0.4) is 0 Å². The molecule has 1 aliphatic heterocycles. The number of methoxy groups -OCH3 is 1. The van der Waals surface area contributed by atoms with E-state index in [0.717, 1.165) is 18.2 Å². The fraction of sp³-hybridized carbons (Fsp3) is 0.318. The number of benzene rings is 2. The molecule has 0 saturated carbocycles. The van der Waals surface area contributed by atoms with E-state index in [-0.39, 0.29) is 33.8 Å². The third-order valence-corrected chi connectivity index (χ3v) is 5.44. The van der Waals surface area contributed by atoms with Crippen LogP contribution in [0, 0.1) is 0 Å². The highest BCUT2D eigenvalue weighted by molar-refractivity contribution is 5.88. The van der Waals surface area contributed by atoms with E-state index in [2.05, 4.69) is 0 Å². The average Bonchev–Trinajstić information content (AvgIpc) is 2.81. The topological polar surface area (TPSA) is 200 Å². The van der Waals surface area contributed by atoms with Crippen molar-refractivity contribution in [2.45, 2.75) is 30.7 Å². The maximum atomic E-state index is 13.5. The Morgan fingerprint density at radius 1 is 0.971 bits per heavy atom. The number of aromatic hydroxyl groups is 3. The van der Waals surface area contributed by atoms with Crippen molar-refractivity contribution in [3.63, 3.8) is 0 Å². The Morgan fingerprint density at radius 3 is 2.35 bits per heavy atom. The molecule has 0 bridgehead atoms. The molecule has 0 spiro atoms. The highest BCUT2D eigenvalue weighted by atomic mass is 16.7. The Labute approximate surface area is 191 Å². The van der Waals surface area contributed by atoms with Crippen molar-refractivity contribution in [3.8, 4) is 40.1 Å². The van der Waals surface area contributed by atoms with Gasteiger partial charge in [-0.1, -0.05) is 0 Å². The molecule has 1 fully saturated rings. The Hall–Kier alpha value is -3.55. The summed E-state index contributed by atoms with van der Waals surface area (Å²) >= 11 is 0. The van der Waals surface area contributed by atoms with Crippen molar-refractivity contribution in [3.05, 3.63) is 40.6 Å². The van der Waals surface area contributed by atoms with Crippen molar-refractivity contribution in [1.29, 1.82) is 0 Å². The molecule has 1 aliphatic rings. The van der Waals surface area contributed by atoms with Crippen molar-refractivity contribution in [1.82, 2.24) is 0 Å². The molecule has 1 saturated heterocycles. The van der Waals surface area contributed by atoms with Gasteiger partial charge < -0.3 is 54.4 Å². The Morgan fingerprint density at radius 2 is 1.71 bits per heavy atom. The predicted octanol–water partition coefficient (Wildman–Crippen LogP) is -0.236. The third-order valence-electron chi connectivity index (χ3n) is 5.44. The van der Waals surface area contributed by atoms with Gasteiger partial charge in [0, 0.05) is 17.7 Å². The lowest BCUT2D eigenvalue weighted by Gasteiger charge is -2.39. The molecule has 1 aromatic heterocycles. The zero-order valence-electron chi connectivity index (χ0n) is 17.7. The maximum Gasteiger partial charge on any atom is 0.239 e. The second-order valence-corrected chi connectivity index (χ2v) is 7.63. The average molecular weight is 478 g/mol. The summed E-state index contributed by atoms with van der Waals surface area (Å²) in [6, 6.07) is 5.85. The minimum absolute atomic E-state index is 0.0532. The molecule has 182 valence electrons. The molecule has 0 radical (unpaired) electrons. The summed E-state index contributed by atoms with van der Waals surface area (Å²) in [5, 5.41) is 69.3. The van der Waals surface area contributed by atoms with Crippen LogP contribution in [0.2, 0.25) is 0 Å². The van der Waals surface area contributed by atoms with Crippen molar-refractivity contribution < 1.29 is 54.4 Å². The van der Waals surface area contributed by atoms with Gasteiger partial charge in [-0.05, 0) is 18.2 Å². The van der Waals surface area contributed by atoms with Gasteiger partial charge in [0.2, 0.25) is 17.5 Å². The second kappa shape index (κ2) is 9.00. The van der Waals surface area contributed by atoms with Crippen LogP contribution in [-0.4, -0.2) is 80.2 Å². The van der Waals surface area contributed by atoms with E-state index in [1.165, 1.54) is 19.2 Å². The van der Waals surface area contributed by atoms with Crippen LogP contribution in [0.1, 0.15) is 0 Å². The Balaban J connectivity index is 1.93. The van der Waals surface area contributed by atoms with Gasteiger partial charge in [0.05, 0.1) is 13.7 Å². The maximum absolute atomic E-state index is 13.5. The lowest BCUT2D eigenvalue weighted by atomic mass is 9.99. The van der Waals surface area contributed by atoms with E-state index in [1.807, 2.05) is 0 Å². The fourth-order valence-corrected chi connectivity index (χ4v) is 3.66. The first kappa shape index (κ1) is 23.6. The van der Waals surface area contributed by atoms with Crippen LogP contribution in [-0.2, 0) is 4.74 Å². The molecule has 2 aromatic carbocycles. The number of fused-ring (bicyclic) bond motifs is 1. The largest absolute Gasteiger partial charge is 0.508 e. The number of hydrogen-bond acceptors (Lipinski definition) is 12. The SMILES string of the molecule is COc1cc(O)cc2oc(-c3ccc(O)c(O)c3)c(OC3OC(CO)C(O)C(O)C3O)c(=O)c12. The normalized spacial score (nSPS) is 24.8. The lowest BCUT2D eigenvalue weighted by Crippen LogP contribution is -2.60. The van der Waals surface area contributed by atoms with E-state index in [9.17, 15) is 40.5 Å². The van der Waals surface area contributed by atoms with Gasteiger partial charge in [0.1, 0.15) is 46.9 Å². The molecule has 12 heteroatoms. The fourth-order valence-electron chi connectivity index (χ4n) is 3.66. The number of hydrogen-bond donors (Lipinski definition) is 7. The number of ether oxygens (including phenoxy) is 3. The van der Waals surface area contributed by atoms with Gasteiger partial charge in [-0.2, -0.15) is 0 Å². The van der Waals surface area contributed by atoms with Crippen LogP contribution < -0.4 is 14.9 Å². The van der Waals surface area contributed by atoms with Gasteiger partial charge in [0.25, 0.3) is 0 Å². The van der Waals surface area contributed by atoms with Crippen molar-refractivity contribution in [2.24, 2.45) is 0 Å². The molecule has 5 atom stereocenters. The zero-order valence-corrected chi connectivity index (χ0v) is 17.7. The summed E-state index contributed by atoms with van der Waals surface area (Å²) in [6.07, 6.45) is -8.26. The number of rotatable bonds is 5. The number of aliphatic hydroxyl groups excluding tert-OH is 4. The quantitative estimate of drug-likeness (QED) is 0.238. The van der Waals surface area contributed by atoms with Gasteiger partial charge >= 0.3 is 0 Å². The minimum Gasteiger partial charge on any atom is -0.508 e. The van der Waals surface area contributed by atoms with Crippen LogP contribution in [0.5, 0.6) is 28.7 Å². The van der Waals surface area contributed by atoms with Crippen LogP contribution in [0.15, 0.2) is 39.5 Å². The van der Waals surface area contributed by atoms with Gasteiger partial charge in [-0.15, -0.1) is 0 Å². The lowest BCUT2D eigenvalue weighted by molar-refractivity contribution is -0.277. The Bertz CT molecular complexity index is 1270. The molecule has 7 N–H and O–H groups in total. The van der Waals surface area contributed by atoms with Gasteiger partial charge in [-0.3, -0.25) is 4.79 Å². The second-order valence-electron chi connectivity index (χ2n) is 7.63. The number of aliphatic hydroxyl groups is 4. The van der Waals surface area contributed by atoms with Crippen molar-refractivity contribution in [2.75, 3.05) is 13.7 Å². The molecule has 34 heavy (non-hydrogen) atoms. The standard InChI is InChI=1S/C22H22O12/c1-31-12-5-9(24)6-13-15(12)17(28)21(20(32-13)8-2-3-10(25)11(26)4-8)34-22-19(30)18(29)16(27)14(7-23)33-22/h2-6,14,16,18-19,22-27,29-30H,7H2,1H3. The smallest absolute Gasteiger partial charge is 0.239 e. The monoisotopic (exact) mass is 478 g/mol. The molecule has 0 aliphatic carbocycles. The van der Waals surface area contributed by atoms with Crippen molar-refractivity contribution >= 4 is 11.0 Å². The predicted molar refractivity (Wildman–Crippen MR) is 114 cm³/mol. The third kappa shape index (κ3) is 3.97. The number of phenolic OH excluding ortho intramolecular Hbond substituents is 3. The molecular weight excluding hydrogens is 456 g/mol. The first-order valence-electron chi connectivity index (χ1n) is 10.0. The zero-order chi connectivity index (χ0) is 24.7. The van der Waals surface area contributed by atoms with Gasteiger partial charge in [0.15, 0.2) is 17.3 Å². The summed E-state index contributed by atoms with van der Waals surface area (Å²) in [5.41, 5.74) is -0.862. The highest BCUT2D eigenvalue weighted by Crippen LogP contribution is 2.39. The highest BCUT2D eigenvalue weighted by Gasteiger charge is 2.45.